The first-order valence-corrected chi connectivity index (χ1v) is 10.9. The lowest BCUT2D eigenvalue weighted by Crippen LogP contribution is -2.24. The number of rotatable bonds is 6. The highest BCUT2D eigenvalue weighted by atomic mass is 32.2. The van der Waals surface area contributed by atoms with Crippen LogP contribution in [0.5, 0.6) is 0 Å². The first-order valence-electron chi connectivity index (χ1n) is 8.91. The third kappa shape index (κ3) is 4.05. The smallest absolute Gasteiger partial charge is 0.261 e. The van der Waals surface area contributed by atoms with Gasteiger partial charge in [-0.1, -0.05) is 43.8 Å². The normalized spacial score (nSPS) is 18.8. The van der Waals surface area contributed by atoms with Gasteiger partial charge in [-0.25, -0.2) is 9.98 Å². The molecule has 0 fully saturated rings. The standard InChI is InChI=1S/C19H19N5O2S2/c1-10(2)14-7-11-17(26)22-15(23-18(11)28-14)8-27-9-16(25)24-19-20-12-5-3-4-6-13(12)21-19/h3-7,10-11H,8-9H2,1-2H3,(H2,20,21,24,25). The molecule has 3 heterocycles. The van der Waals surface area contributed by atoms with E-state index < -0.39 is 0 Å². The molecule has 1 aromatic heterocycles. The topological polar surface area (TPSA) is 99.6 Å². The Kier molecular flexibility index (Phi) is 5.36. The Balaban J connectivity index is 1.30. The third-order valence-corrected chi connectivity index (χ3v) is 6.57. The Morgan fingerprint density at radius 3 is 2.93 bits per heavy atom. The Bertz CT molecular complexity index is 1000. The van der Waals surface area contributed by atoms with E-state index in [9.17, 15) is 9.59 Å². The van der Waals surface area contributed by atoms with Crippen LogP contribution in [0.25, 0.3) is 11.0 Å². The molecule has 1 atom stereocenters. The summed E-state index contributed by atoms with van der Waals surface area (Å²) in [4.78, 5) is 41.6. The molecule has 2 aliphatic heterocycles. The molecule has 1 aromatic carbocycles. The summed E-state index contributed by atoms with van der Waals surface area (Å²) in [6.45, 7) is 4.19. The third-order valence-electron chi connectivity index (χ3n) is 4.24. The van der Waals surface area contributed by atoms with E-state index in [-0.39, 0.29) is 23.5 Å². The maximum Gasteiger partial charge on any atom is 0.261 e. The highest BCUT2D eigenvalue weighted by molar-refractivity contribution is 8.17. The summed E-state index contributed by atoms with van der Waals surface area (Å²) in [6, 6.07) is 7.58. The van der Waals surface area contributed by atoms with Crippen LogP contribution in [0.1, 0.15) is 13.8 Å². The molecule has 0 radical (unpaired) electrons. The van der Waals surface area contributed by atoms with E-state index in [4.69, 9.17) is 0 Å². The number of hydrogen-bond donors (Lipinski definition) is 2. The van der Waals surface area contributed by atoms with Crippen LogP contribution in [0, 0.1) is 11.8 Å². The van der Waals surface area contributed by atoms with Crippen LogP contribution in [0.3, 0.4) is 0 Å². The van der Waals surface area contributed by atoms with E-state index in [0.717, 1.165) is 21.0 Å². The van der Waals surface area contributed by atoms with Gasteiger partial charge in [-0.15, -0.1) is 11.8 Å². The molecule has 2 N–H and O–H groups in total. The van der Waals surface area contributed by atoms with Gasteiger partial charge in [0.15, 0.2) is 0 Å². The monoisotopic (exact) mass is 413 g/mol. The van der Waals surface area contributed by atoms with E-state index in [1.165, 1.54) is 11.8 Å². The fraction of sp³-hybridized carbons (Fsp3) is 0.316. The highest BCUT2D eigenvalue weighted by Gasteiger charge is 2.34. The van der Waals surface area contributed by atoms with Gasteiger partial charge in [0.25, 0.3) is 5.91 Å². The molecule has 0 saturated carbocycles. The van der Waals surface area contributed by atoms with E-state index in [0.29, 0.717) is 23.5 Å². The minimum absolute atomic E-state index is 0.170. The number of aromatic amines is 1. The first kappa shape index (κ1) is 18.9. The van der Waals surface area contributed by atoms with Crippen molar-refractivity contribution in [2.45, 2.75) is 13.8 Å². The number of nitrogens with zero attached hydrogens (tertiary/aromatic N) is 3. The number of aliphatic imine (C=N–C) groups is 2. The van der Waals surface area contributed by atoms with Crippen molar-refractivity contribution in [3.8, 4) is 0 Å². The number of fused-ring (bicyclic) bond motifs is 2. The summed E-state index contributed by atoms with van der Waals surface area (Å²) in [5.41, 5.74) is 1.67. The van der Waals surface area contributed by atoms with E-state index in [1.54, 1.807) is 11.8 Å². The van der Waals surface area contributed by atoms with Crippen molar-refractivity contribution in [2.24, 2.45) is 21.8 Å². The molecule has 0 aliphatic carbocycles. The zero-order valence-corrected chi connectivity index (χ0v) is 17.1. The molecule has 2 amide bonds. The van der Waals surface area contributed by atoms with Crippen LogP contribution >= 0.6 is 23.5 Å². The number of carbonyl (C=O) groups is 2. The van der Waals surface area contributed by atoms with Crippen molar-refractivity contribution in [2.75, 3.05) is 16.8 Å². The molecule has 7 nitrogen and oxygen atoms in total. The molecule has 28 heavy (non-hydrogen) atoms. The SMILES string of the molecule is CC(C)C1=CC2C(=O)N=C(CSCC(=O)Nc3nc4ccccc4[nH]3)N=C2S1. The Labute approximate surface area is 170 Å². The van der Waals surface area contributed by atoms with Gasteiger partial charge in [0, 0.05) is 0 Å². The lowest BCUT2D eigenvalue weighted by molar-refractivity contribution is -0.118. The van der Waals surface area contributed by atoms with Gasteiger partial charge in [-0.3, -0.25) is 14.9 Å². The number of aromatic nitrogens is 2. The average molecular weight is 414 g/mol. The van der Waals surface area contributed by atoms with Gasteiger partial charge in [0.2, 0.25) is 11.9 Å². The lowest BCUT2D eigenvalue weighted by atomic mass is 10.1. The highest BCUT2D eigenvalue weighted by Crippen LogP contribution is 2.38. The molecule has 1 unspecified atom stereocenters. The Morgan fingerprint density at radius 2 is 2.14 bits per heavy atom. The maximum absolute atomic E-state index is 12.3. The summed E-state index contributed by atoms with van der Waals surface area (Å²) >= 11 is 2.93. The second-order valence-electron chi connectivity index (χ2n) is 6.76. The fourth-order valence-corrected chi connectivity index (χ4v) is 4.66. The van der Waals surface area contributed by atoms with E-state index in [2.05, 4.69) is 39.1 Å². The van der Waals surface area contributed by atoms with Crippen LogP contribution in [0.15, 0.2) is 45.2 Å². The summed E-state index contributed by atoms with van der Waals surface area (Å²) in [6.07, 6.45) is 1.96. The largest absolute Gasteiger partial charge is 0.324 e. The van der Waals surface area contributed by atoms with Gasteiger partial charge < -0.3 is 4.98 Å². The van der Waals surface area contributed by atoms with Crippen LogP contribution in [-0.2, 0) is 9.59 Å². The quantitative estimate of drug-likeness (QED) is 0.755. The molecule has 4 rings (SSSR count). The number of H-pyrrole nitrogens is 1. The van der Waals surface area contributed by atoms with Crippen LogP contribution in [0.4, 0.5) is 5.95 Å². The lowest BCUT2D eigenvalue weighted by Gasteiger charge is -2.12. The molecule has 0 bridgehead atoms. The number of amides is 2. The molecule has 9 heteroatoms. The predicted octanol–water partition coefficient (Wildman–Crippen LogP) is 3.47. The second-order valence-corrected chi connectivity index (χ2v) is 8.84. The minimum Gasteiger partial charge on any atom is -0.324 e. The maximum atomic E-state index is 12.3. The number of benzene rings is 1. The van der Waals surface area contributed by atoms with Gasteiger partial charge in [0.05, 0.1) is 27.6 Å². The zero-order valence-electron chi connectivity index (χ0n) is 15.4. The van der Waals surface area contributed by atoms with Crippen molar-refractivity contribution in [3.05, 3.63) is 35.2 Å². The van der Waals surface area contributed by atoms with Gasteiger partial charge in [-0.05, 0) is 23.0 Å². The zero-order chi connectivity index (χ0) is 19.7. The van der Waals surface area contributed by atoms with Crippen LogP contribution in [-0.4, -0.2) is 44.2 Å². The molecule has 2 aromatic rings. The number of imidazole rings is 1. The number of hydrogen-bond acceptors (Lipinski definition) is 6. The second kappa shape index (κ2) is 7.92. The number of amidine groups is 1. The summed E-state index contributed by atoms with van der Waals surface area (Å²) in [5, 5.41) is 3.55. The van der Waals surface area contributed by atoms with Gasteiger partial charge in [-0.2, -0.15) is 4.99 Å². The number of thioether (sulfide) groups is 2. The Hall–Kier alpha value is -2.39. The van der Waals surface area contributed by atoms with Crippen LogP contribution in [0.2, 0.25) is 0 Å². The molecule has 144 valence electrons. The molecular weight excluding hydrogens is 394 g/mol. The molecule has 2 aliphatic rings. The van der Waals surface area contributed by atoms with Crippen molar-refractivity contribution in [1.29, 1.82) is 0 Å². The average Bonchev–Trinajstić information content (AvgIpc) is 3.25. The number of para-hydroxylation sites is 2. The van der Waals surface area contributed by atoms with E-state index >= 15 is 0 Å². The van der Waals surface area contributed by atoms with Gasteiger partial charge in [0.1, 0.15) is 11.8 Å². The Morgan fingerprint density at radius 1 is 1.32 bits per heavy atom. The van der Waals surface area contributed by atoms with Crippen molar-refractivity contribution < 1.29 is 9.59 Å². The summed E-state index contributed by atoms with van der Waals surface area (Å²) < 4.78 is 0. The minimum atomic E-state index is -0.326. The molecule has 0 spiro atoms. The number of anilines is 1. The number of carbonyl (C=O) groups excluding carboxylic acids is 2. The fourth-order valence-electron chi connectivity index (χ4n) is 2.86. The molecule has 0 saturated heterocycles. The predicted molar refractivity (Wildman–Crippen MR) is 116 cm³/mol. The van der Waals surface area contributed by atoms with Crippen LogP contribution < -0.4 is 5.32 Å². The number of allylic oxidation sites excluding steroid dienone is 1. The van der Waals surface area contributed by atoms with Crippen molar-refractivity contribution in [3.63, 3.8) is 0 Å². The number of nitrogens with one attached hydrogen (secondary N) is 2. The van der Waals surface area contributed by atoms with Crippen molar-refractivity contribution in [1.82, 2.24) is 9.97 Å². The van der Waals surface area contributed by atoms with E-state index in [1.807, 2.05) is 30.3 Å². The van der Waals surface area contributed by atoms with Gasteiger partial charge >= 0.3 is 0 Å². The summed E-state index contributed by atoms with van der Waals surface area (Å²) in [5.74, 6) is 1.23. The molecular formula is C19H19N5O2S2. The first-order chi connectivity index (χ1) is 13.5. The summed E-state index contributed by atoms with van der Waals surface area (Å²) in [7, 11) is 0. The van der Waals surface area contributed by atoms with Crippen molar-refractivity contribution >= 4 is 63.2 Å².